The molecule has 0 N–H and O–H groups in total. The summed E-state index contributed by atoms with van der Waals surface area (Å²) in [6.07, 6.45) is 1.00. The summed E-state index contributed by atoms with van der Waals surface area (Å²) in [5, 5.41) is 0. The molecule has 0 aromatic heterocycles. The van der Waals surface area contributed by atoms with Crippen molar-refractivity contribution in [2.45, 2.75) is 26.4 Å². The van der Waals surface area contributed by atoms with Gasteiger partial charge >= 0.3 is 0 Å². The molecule has 3 rings (SSSR count). The van der Waals surface area contributed by atoms with Gasteiger partial charge in [0.25, 0.3) is 0 Å². The fourth-order valence-corrected chi connectivity index (χ4v) is 3.42. The first-order valence-corrected chi connectivity index (χ1v) is 8.94. The van der Waals surface area contributed by atoms with E-state index in [4.69, 9.17) is 18.9 Å². The molecule has 1 aliphatic rings. The van der Waals surface area contributed by atoms with Gasteiger partial charge in [-0.15, -0.1) is 0 Å². The second-order valence-corrected chi connectivity index (χ2v) is 6.35. The molecule has 0 radical (unpaired) electrons. The summed E-state index contributed by atoms with van der Waals surface area (Å²) in [5.74, 6) is 3.17. The maximum Gasteiger partial charge on any atom is 0.161 e. The summed E-state index contributed by atoms with van der Waals surface area (Å²) in [4.78, 5) is 2.44. The summed E-state index contributed by atoms with van der Waals surface area (Å²) in [5.41, 5.74) is 3.86. The van der Waals surface area contributed by atoms with Crippen LogP contribution in [-0.4, -0.2) is 39.4 Å². The summed E-state index contributed by atoms with van der Waals surface area (Å²) in [6, 6.07) is 10.4. The van der Waals surface area contributed by atoms with Gasteiger partial charge in [-0.2, -0.15) is 0 Å². The lowest BCUT2D eigenvalue weighted by Gasteiger charge is -2.29. The third-order valence-electron chi connectivity index (χ3n) is 4.73. The van der Waals surface area contributed by atoms with Gasteiger partial charge in [-0.1, -0.05) is 6.07 Å². The lowest BCUT2D eigenvalue weighted by molar-refractivity contribution is 0.243. The van der Waals surface area contributed by atoms with E-state index in [1.807, 2.05) is 13.0 Å². The number of fused-ring (bicyclic) bond motifs is 1. The Labute approximate surface area is 155 Å². The maximum atomic E-state index is 5.70. The van der Waals surface area contributed by atoms with E-state index in [1.165, 1.54) is 16.7 Å². The molecule has 5 nitrogen and oxygen atoms in total. The van der Waals surface area contributed by atoms with Crippen LogP contribution >= 0.6 is 0 Å². The predicted octanol–water partition coefficient (Wildman–Crippen LogP) is 3.67. The van der Waals surface area contributed by atoms with Gasteiger partial charge in [0.15, 0.2) is 23.0 Å². The molecule has 1 aliphatic heterocycles. The first-order chi connectivity index (χ1) is 12.7. The number of hydrogen-bond acceptors (Lipinski definition) is 5. The second kappa shape index (κ2) is 8.32. The molecule has 0 spiro atoms. The molecule has 1 heterocycles. The number of rotatable bonds is 7. The average Bonchev–Trinajstić information content (AvgIpc) is 2.67. The number of hydrogen-bond donors (Lipinski definition) is 0. The molecule has 0 amide bonds. The van der Waals surface area contributed by atoms with Gasteiger partial charge in [0.1, 0.15) is 0 Å². The molecule has 0 atom stereocenters. The zero-order valence-corrected chi connectivity index (χ0v) is 16.0. The van der Waals surface area contributed by atoms with Crippen molar-refractivity contribution in [3.8, 4) is 23.0 Å². The Kier molecular flexibility index (Phi) is 5.89. The lowest BCUT2D eigenvalue weighted by atomic mass is 9.98. The van der Waals surface area contributed by atoms with Gasteiger partial charge in [-0.3, -0.25) is 4.90 Å². The third kappa shape index (κ3) is 3.88. The highest BCUT2D eigenvalue weighted by Crippen LogP contribution is 2.34. The van der Waals surface area contributed by atoms with Crippen LogP contribution in [0.5, 0.6) is 23.0 Å². The van der Waals surface area contributed by atoms with Crippen molar-refractivity contribution in [2.75, 3.05) is 34.5 Å². The molecular formula is C21H27NO4. The van der Waals surface area contributed by atoms with Crippen LogP contribution in [-0.2, 0) is 19.5 Å². The van der Waals surface area contributed by atoms with Crippen LogP contribution in [0, 0.1) is 0 Å². The van der Waals surface area contributed by atoms with Gasteiger partial charge in [0.05, 0.1) is 27.9 Å². The fraction of sp³-hybridized carbons (Fsp3) is 0.429. The smallest absolute Gasteiger partial charge is 0.161 e. The largest absolute Gasteiger partial charge is 0.493 e. The Bertz CT molecular complexity index is 760. The van der Waals surface area contributed by atoms with E-state index in [2.05, 4.69) is 29.2 Å². The zero-order valence-electron chi connectivity index (χ0n) is 16.0. The fourth-order valence-electron chi connectivity index (χ4n) is 3.42. The van der Waals surface area contributed by atoms with Gasteiger partial charge < -0.3 is 18.9 Å². The topological polar surface area (TPSA) is 40.2 Å². The number of ether oxygens (including phenoxy) is 4. The Morgan fingerprint density at radius 3 is 2.19 bits per heavy atom. The minimum absolute atomic E-state index is 0.624. The summed E-state index contributed by atoms with van der Waals surface area (Å²) >= 11 is 0. The third-order valence-corrected chi connectivity index (χ3v) is 4.73. The first kappa shape index (κ1) is 18.4. The van der Waals surface area contributed by atoms with Crippen LogP contribution in [0.2, 0.25) is 0 Å². The highest BCUT2D eigenvalue weighted by atomic mass is 16.5. The van der Waals surface area contributed by atoms with Gasteiger partial charge in [-0.25, -0.2) is 0 Å². The molecule has 0 saturated carbocycles. The van der Waals surface area contributed by atoms with E-state index < -0.39 is 0 Å². The highest BCUT2D eigenvalue weighted by molar-refractivity contribution is 5.48. The summed E-state index contributed by atoms with van der Waals surface area (Å²) in [6.45, 7) is 5.38. The van der Waals surface area contributed by atoms with Crippen molar-refractivity contribution in [3.05, 3.63) is 47.0 Å². The second-order valence-electron chi connectivity index (χ2n) is 6.35. The Balaban J connectivity index is 1.76. The minimum Gasteiger partial charge on any atom is -0.493 e. The Morgan fingerprint density at radius 2 is 1.54 bits per heavy atom. The SMILES string of the molecule is CCOc1cc(CN2CCc3cc(OC)c(OC)cc3C2)ccc1OC. The molecule has 0 unspecified atom stereocenters. The zero-order chi connectivity index (χ0) is 18.5. The quantitative estimate of drug-likeness (QED) is 0.756. The molecule has 2 aromatic carbocycles. The van der Waals surface area contributed by atoms with Crippen molar-refractivity contribution >= 4 is 0 Å². The van der Waals surface area contributed by atoms with Crippen molar-refractivity contribution in [3.63, 3.8) is 0 Å². The predicted molar refractivity (Wildman–Crippen MR) is 102 cm³/mol. The molecule has 0 aliphatic carbocycles. The minimum atomic E-state index is 0.624. The average molecular weight is 357 g/mol. The van der Waals surface area contributed by atoms with Gasteiger partial charge in [0.2, 0.25) is 0 Å². The van der Waals surface area contributed by atoms with Crippen LogP contribution in [0.4, 0.5) is 0 Å². The normalized spacial score (nSPS) is 13.8. The van der Waals surface area contributed by atoms with Crippen molar-refractivity contribution in [1.29, 1.82) is 0 Å². The van der Waals surface area contributed by atoms with E-state index in [-0.39, 0.29) is 0 Å². The van der Waals surface area contributed by atoms with E-state index in [0.29, 0.717) is 6.61 Å². The van der Waals surface area contributed by atoms with Crippen molar-refractivity contribution in [1.82, 2.24) is 4.90 Å². The van der Waals surface area contributed by atoms with Crippen LogP contribution < -0.4 is 18.9 Å². The number of benzene rings is 2. The molecule has 2 aromatic rings. The summed E-state index contributed by atoms with van der Waals surface area (Å²) < 4.78 is 21.9. The van der Waals surface area contributed by atoms with Gasteiger partial charge in [-0.05, 0) is 54.3 Å². The van der Waals surface area contributed by atoms with Crippen LogP contribution in [0.3, 0.4) is 0 Å². The van der Waals surface area contributed by atoms with Crippen LogP contribution in [0.1, 0.15) is 23.6 Å². The Morgan fingerprint density at radius 1 is 0.846 bits per heavy atom. The van der Waals surface area contributed by atoms with Crippen molar-refractivity contribution < 1.29 is 18.9 Å². The molecule has 0 saturated heterocycles. The van der Waals surface area contributed by atoms with E-state index in [0.717, 1.165) is 49.1 Å². The van der Waals surface area contributed by atoms with E-state index >= 15 is 0 Å². The highest BCUT2D eigenvalue weighted by Gasteiger charge is 2.20. The van der Waals surface area contributed by atoms with Crippen LogP contribution in [0.25, 0.3) is 0 Å². The molecule has 0 fully saturated rings. The van der Waals surface area contributed by atoms with Crippen LogP contribution in [0.15, 0.2) is 30.3 Å². The molecule has 0 bridgehead atoms. The number of nitrogens with zero attached hydrogens (tertiary/aromatic N) is 1. The molecule has 5 heteroatoms. The number of methoxy groups -OCH3 is 3. The maximum absolute atomic E-state index is 5.70. The molecule has 140 valence electrons. The summed E-state index contributed by atoms with van der Waals surface area (Å²) in [7, 11) is 5.03. The Hall–Kier alpha value is -2.40. The van der Waals surface area contributed by atoms with E-state index in [1.54, 1.807) is 21.3 Å². The standard InChI is InChI=1S/C21H27NO4/c1-5-26-21-10-15(6-7-18(21)23-2)13-22-9-8-16-11-19(24-3)20(25-4)12-17(16)14-22/h6-7,10-12H,5,8-9,13-14H2,1-4H3. The molecular weight excluding hydrogens is 330 g/mol. The molecule has 26 heavy (non-hydrogen) atoms. The van der Waals surface area contributed by atoms with Gasteiger partial charge in [0, 0.05) is 19.6 Å². The monoisotopic (exact) mass is 357 g/mol. The lowest BCUT2D eigenvalue weighted by Crippen LogP contribution is -2.30. The first-order valence-electron chi connectivity index (χ1n) is 8.94. The van der Waals surface area contributed by atoms with Crippen molar-refractivity contribution in [2.24, 2.45) is 0 Å². The van der Waals surface area contributed by atoms with E-state index in [9.17, 15) is 0 Å².